The molecule has 2 aromatic carbocycles. The number of carbonyl (C=O) groups is 1. The second-order valence-corrected chi connectivity index (χ2v) is 8.92. The molecule has 1 atom stereocenters. The number of amides is 1. The molecule has 2 N–H and O–H groups in total. The van der Waals surface area contributed by atoms with Gasteiger partial charge in [0.1, 0.15) is 43.0 Å². The molecule has 1 aliphatic rings. The van der Waals surface area contributed by atoms with E-state index in [1.165, 1.54) is 24.3 Å². The number of hydrogen-bond donors (Lipinski definition) is 2. The van der Waals surface area contributed by atoms with Crippen LogP contribution in [0, 0.1) is 11.6 Å². The van der Waals surface area contributed by atoms with Crippen LogP contribution in [0.15, 0.2) is 49.6 Å². The number of aliphatic hydroxyl groups excluding tert-OH is 1. The molecule has 1 fully saturated rings. The molecule has 0 aliphatic carbocycles. The highest BCUT2D eigenvalue weighted by atomic mass is 35.5. The fourth-order valence-electron chi connectivity index (χ4n) is 3.51. The Hall–Kier alpha value is -2.85. The van der Waals surface area contributed by atoms with Gasteiger partial charge in [0, 0.05) is 48.9 Å². The first kappa shape index (κ1) is 31.4. The number of aliphatic hydroxyl groups is 1. The van der Waals surface area contributed by atoms with Crippen LogP contribution in [0.5, 0.6) is 11.5 Å². The number of hydrogen-bond acceptors (Lipinski definition) is 6. The highest BCUT2D eigenvalue weighted by Gasteiger charge is 2.26. The summed E-state index contributed by atoms with van der Waals surface area (Å²) in [7, 11) is 0. The highest BCUT2D eigenvalue weighted by molar-refractivity contribution is 6.31. The van der Waals surface area contributed by atoms with Crippen LogP contribution in [0.2, 0.25) is 10.0 Å². The maximum atomic E-state index is 14.2. The van der Waals surface area contributed by atoms with Crippen LogP contribution in [-0.4, -0.2) is 55.0 Å². The van der Waals surface area contributed by atoms with Crippen molar-refractivity contribution in [3.8, 4) is 11.5 Å². The van der Waals surface area contributed by atoms with Crippen LogP contribution in [-0.2, 0) is 18.0 Å². The van der Waals surface area contributed by atoms with Crippen LogP contribution in [0.1, 0.15) is 24.5 Å². The van der Waals surface area contributed by atoms with Gasteiger partial charge in [-0.2, -0.15) is 0 Å². The summed E-state index contributed by atoms with van der Waals surface area (Å²) in [5, 5.41) is 12.3. The molecule has 0 saturated carbocycles. The smallest absolute Gasteiger partial charge is 0.410 e. The van der Waals surface area contributed by atoms with Crippen molar-refractivity contribution in [1.82, 2.24) is 10.2 Å². The van der Waals surface area contributed by atoms with Crippen LogP contribution in [0.25, 0.3) is 0 Å². The second kappa shape index (κ2) is 16.2. The molecule has 1 amide bonds. The SMILES string of the molecule is C=CCOc1cc(F)c(CO)c(Cl)c1.C=CCOc1cc(F)c(COC(=O)N2CCNC[C@H]2CC)c(Cl)c1. The molecule has 1 heterocycles. The molecule has 0 aromatic heterocycles. The van der Waals surface area contributed by atoms with E-state index < -0.39 is 24.3 Å². The van der Waals surface area contributed by atoms with E-state index in [1.54, 1.807) is 17.1 Å². The summed E-state index contributed by atoms with van der Waals surface area (Å²) in [5.41, 5.74) is 0.219. The van der Waals surface area contributed by atoms with E-state index in [2.05, 4.69) is 18.5 Å². The molecule has 0 unspecified atom stereocenters. The molecule has 0 bridgehead atoms. The first-order chi connectivity index (χ1) is 18.2. The summed E-state index contributed by atoms with van der Waals surface area (Å²) in [6, 6.07) is 5.44. The van der Waals surface area contributed by atoms with E-state index in [0.717, 1.165) is 19.5 Å². The molecule has 2 aromatic rings. The van der Waals surface area contributed by atoms with Crippen molar-refractivity contribution >= 4 is 29.3 Å². The first-order valence-corrected chi connectivity index (χ1v) is 12.7. The molecule has 0 radical (unpaired) electrons. The summed E-state index contributed by atoms with van der Waals surface area (Å²) in [4.78, 5) is 13.9. The highest BCUT2D eigenvalue weighted by Crippen LogP contribution is 2.27. The van der Waals surface area contributed by atoms with Crippen LogP contribution in [0.4, 0.5) is 13.6 Å². The number of rotatable bonds is 10. The van der Waals surface area contributed by atoms with E-state index >= 15 is 0 Å². The predicted octanol–water partition coefficient (Wildman–Crippen LogP) is 5.90. The van der Waals surface area contributed by atoms with Gasteiger partial charge < -0.3 is 29.5 Å². The monoisotopic (exact) mass is 572 g/mol. The Morgan fingerprint density at radius 2 is 1.63 bits per heavy atom. The fourth-order valence-corrected chi connectivity index (χ4v) is 4.02. The average Bonchev–Trinajstić information content (AvgIpc) is 2.90. The van der Waals surface area contributed by atoms with E-state index in [4.69, 9.17) is 42.5 Å². The maximum Gasteiger partial charge on any atom is 0.410 e. The molecule has 11 heteroatoms. The van der Waals surface area contributed by atoms with Crippen molar-refractivity contribution in [2.45, 2.75) is 32.6 Å². The van der Waals surface area contributed by atoms with Gasteiger partial charge in [-0.15, -0.1) is 0 Å². The third-order valence-corrected chi connectivity index (χ3v) is 6.19. The minimum absolute atomic E-state index is 0.0811. The minimum atomic E-state index is -0.570. The molecule has 1 aliphatic heterocycles. The average molecular weight is 573 g/mol. The first-order valence-electron chi connectivity index (χ1n) is 11.9. The van der Waals surface area contributed by atoms with Crippen molar-refractivity contribution in [3.63, 3.8) is 0 Å². The Morgan fingerprint density at radius 3 is 2.11 bits per heavy atom. The van der Waals surface area contributed by atoms with E-state index in [1.807, 2.05) is 6.92 Å². The number of piperazine rings is 1. The normalized spacial score (nSPS) is 14.7. The lowest BCUT2D eigenvalue weighted by molar-refractivity contribution is 0.0707. The van der Waals surface area contributed by atoms with Crippen molar-refractivity contribution < 1.29 is 32.9 Å². The van der Waals surface area contributed by atoms with Gasteiger partial charge >= 0.3 is 6.09 Å². The molecule has 0 spiro atoms. The van der Waals surface area contributed by atoms with Gasteiger partial charge in [0.05, 0.1) is 16.7 Å². The van der Waals surface area contributed by atoms with E-state index in [-0.39, 0.29) is 47.0 Å². The van der Waals surface area contributed by atoms with Crippen molar-refractivity contribution in [2.24, 2.45) is 0 Å². The lowest BCUT2D eigenvalue weighted by atomic mass is 10.1. The summed E-state index contributed by atoms with van der Waals surface area (Å²) < 4.78 is 43.0. The van der Waals surface area contributed by atoms with Crippen molar-refractivity contribution in [3.05, 3.63) is 82.4 Å². The molecular weight excluding hydrogens is 541 g/mol. The van der Waals surface area contributed by atoms with Crippen molar-refractivity contribution in [2.75, 3.05) is 32.8 Å². The Balaban J connectivity index is 0.000000308. The summed E-state index contributed by atoms with van der Waals surface area (Å²) in [6.45, 7) is 10.9. The van der Waals surface area contributed by atoms with Gasteiger partial charge in [-0.25, -0.2) is 13.6 Å². The molecule has 1 saturated heterocycles. The zero-order chi connectivity index (χ0) is 28.1. The zero-order valence-electron chi connectivity index (χ0n) is 21.2. The van der Waals surface area contributed by atoms with Gasteiger partial charge in [-0.1, -0.05) is 55.4 Å². The molecular formula is C27H32Cl2F2N2O5. The third kappa shape index (κ3) is 9.16. The number of halogens is 4. The number of ether oxygens (including phenoxy) is 3. The maximum absolute atomic E-state index is 14.2. The number of benzene rings is 2. The van der Waals surface area contributed by atoms with Crippen LogP contribution < -0.4 is 14.8 Å². The Bertz CT molecular complexity index is 1060. The molecule has 3 rings (SSSR count). The predicted molar refractivity (Wildman–Crippen MR) is 144 cm³/mol. The fraction of sp³-hybridized carbons (Fsp3) is 0.370. The Kier molecular flexibility index (Phi) is 13.4. The molecule has 7 nitrogen and oxygen atoms in total. The number of nitrogens with one attached hydrogen (secondary N) is 1. The number of carbonyl (C=O) groups excluding carboxylic acids is 1. The lowest BCUT2D eigenvalue weighted by Crippen LogP contribution is -2.53. The topological polar surface area (TPSA) is 80.3 Å². The summed E-state index contributed by atoms with van der Waals surface area (Å²) >= 11 is 11.8. The van der Waals surface area contributed by atoms with Crippen LogP contribution >= 0.6 is 23.2 Å². The van der Waals surface area contributed by atoms with Gasteiger partial charge in [-0.05, 0) is 18.6 Å². The quantitative estimate of drug-likeness (QED) is 0.345. The third-order valence-electron chi connectivity index (χ3n) is 5.52. The Labute approximate surface area is 231 Å². The van der Waals surface area contributed by atoms with E-state index in [0.29, 0.717) is 18.0 Å². The molecule has 38 heavy (non-hydrogen) atoms. The second-order valence-electron chi connectivity index (χ2n) is 8.10. The molecule has 208 valence electrons. The van der Waals surface area contributed by atoms with Gasteiger partial charge in [0.25, 0.3) is 0 Å². The zero-order valence-corrected chi connectivity index (χ0v) is 22.7. The van der Waals surface area contributed by atoms with E-state index in [9.17, 15) is 13.6 Å². The van der Waals surface area contributed by atoms with Gasteiger partial charge in [0.15, 0.2) is 0 Å². The van der Waals surface area contributed by atoms with Gasteiger partial charge in [0.2, 0.25) is 0 Å². The summed E-state index contributed by atoms with van der Waals surface area (Å²) in [5.74, 6) is -0.508. The Morgan fingerprint density at radius 1 is 1.08 bits per heavy atom. The van der Waals surface area contributed by atoms with Crippen LogP contribution in [0.3, 0.4) is 0 Å². The van der Waals surface area contributed by atoms with Crippen molar-refractivity contribution in [1.29, 1.82) is 0 Å². The standard InChI is InChI=1S/C17H22ClFN2O3.C10H10ClFO2/c1-3-7-23-13-8-15(18)14(16(19)9-13)11-24-17(22)21-6-5-20-10-12(21)4-2;1-2-3-14-7-4-9(11)8(6-13)10(12)5-7/h3,8-9,12,20H,1,4-7,10-11H2,2H3;2,4-5,13H,1,3,6H2/t12-;/m1./s1. The minimum Gasteiger partial charge on any atom is -0.489 e. The number of nitrogens with zero attached hydrogens (tertiary/aromatic N) is 1. The summed E-state index contributed by atoms with van der Waals surface area (Å²) in [6.07, 6.45) is 3.48. The van der Waals surface area contributed by atoms with Gasteiger partial charge in [-0.3, -0.25) is 0 Å². The largest absolute Gasteiger partial charge is 0.489 e. The lowest BCUT2D eigenvalue weighted by Gasteiger charge is -2.34.